The molecule has 6 heteroatoms. The first-order chi connectivity index (χ1) is 13.8. The van der Waals surface area contributed by atoms with Crippen LogP contribution in [0.2, 0.25) is 0 Å². The van der Waals surface area contributed by atoms with Crippen molar-refractivity contribution in [1.82, 2.24) is 19.2 Å². The first-order valence-corrected chi connectivity index (χ1v) is 10.9. The molecule has 4 heterocycles. The molecule has 6 rings (SSSR count). The average Bonchev–Trinajstić information content (AvgIpc) is 3.00. The van der Waals surface area contributed by atoms with Gasteiger partial charge in [0.1, 0.15) is 6.54 Å². The first kappa shape index (κ1) is 17.5. The van der Waals surface area contributed by atoms with E-state index in [2.05, 4.69) is 20.8 Å². The molecular formula is C23H28N4O2. The van der Waals surface area contributed by atoms with Crippen LogP contribution in [0.1, 0.15) is 54.7 Å². The molecular weight excluding hydrogens is 364 g/mol. The van der Waals surface area contributed by atoms with Gasteiger partial charge in [0, 0.05) is 48.6 Å². The van der Waals surface area contributed by atoms with Crippen LogP contribution < -0.4 is 5.56 Å². The van der Waals surface area contributed by atoms with Crippen LogP contribution in [-0.4, -0.2) is 38.2 Å². The highest BCUT2D eigenvalue weighted by atomic mass is 16.2. The van der Waals surface area contributed by atoms with Crippen molar-refractivity contribution in [2.45, 2.75) is 58.5 Å². The Bertz CT molecular complexity index is 1090. The standard InChI is InChI=1S/C23H28N4O2/c1-13-21-18(8-16-22(21)23(16,2)3)27(24-13)12-20(29)25-9-14-7-15(11-25)17-5-4-6-19(28)26(17)10-14/h4-6,14-16,22H,7-12H2,1-3H3. The van der Waals surface area contributed by atoms with Crippen LogP contribution in [0.5, 0.6) is 0 Å². The predicted octanol–water partition coefficient (Wildman–Crippen LogP) is 2.29. The summed E-state index contributed by atoms with van der Waals surface area (Å²) in [5.41, 5.74) is 5.38. The van der Waals surface area contributed by atoms with Crippen molar-refractivity contribution in [3.8, 4) is 0 Å². The van der Waals surface area contributed by atoms with E-state index in [9.17, 15) is 9.59 Å². The fraction of sp³-hybridized carbons (Fsp3) is 0.609. The summed E-state index contributed by atoms with van der Waals surface area (Å²) in [5, 5.41) is 4.75. The van der Waals surface area contributed by atoms with Gasteiger partial charge in [-0.3, -0.25) is 14.3 Å². The summed E-state index contributed by atoms with van der Waals surface area (Å²) in [7, 11) is 0. The molecule has 0 spiro atoms. The third-order valence-electron chi connectivity index (χ3n) is 8.18. The predicted molar refractivity (Wildman–Crippen MR) is 109 cm³/mol. The summed E-state index contributed by atoms with van der Waals surface area (Å²) in [4.78, 5) is 27.4. The van der Waals surface area contributed by atoms with Crippen molar-refractivity contribution >= 4 is 5.91 Å². The van der Waals surface area contributed by atoms with E-state index in [1.807, 2.05) is 26.3 Å². The quantitative estimate of drug-likeness (QED) is 0.788. The summed E-state index contributed by atoms with van der Waals surface area (Å²) in [5.74, 6) is 2.14. The number of hydrogen-bond acceptors (Lipinski definition) is 3. The maximum atomic E-state index is 13.2. The van der Waals surface area contributed by atoms with Crippen LogP contribution in [0.3, 0.4) is 0 Å². The molecule has 2 bridgehead atoms. The number of carbonyl (C=O) groups excluding carboxylic acids is 1. The van der Waals surface area contributed by atoms with E-state index in [-0.39, 0.29) is 17.4 Å². The van der Waals surface area contributed by atoms with Crippen LogP contribution in [0.25, 0.3) is 0 Å². The third-order valence-corrected chi connectivity index (χ3v) is 8.18. The minimum absolute atomic E-state index is 0.0843. The molecule has 2 aromatic rings. The van der Waals surface area contributed by atoms with Gasteiger partial charge >= 0.3 is 0 Å². The van der Waals surface area contributed by atoms with Gasteiger partial charge in [-0.15, -0.1) is 0 Å². The molecule has 2 aromatic heterocycles. The van der Waals surface area contributed by atoms with Crippen LogP contribution in [0.15, 0.2) is 23.0 Å². The normalized spacial score (nSPS) is 30.5. The second kappa shape index (κ2) is 5.61. The summed E-state index contributed by atoms with van der Waals surface area (Å²) in [6.07, 6.45) is 2.13. The maximum absolute atomic E-state index is 13.2. The Labute approximate surface area is 170 Å². The molecule has 29 heavy (non-hydrogen) atoms. The van der Waals surface area contributed by atoms with Crippen molar-refractivity contribution < 1.29 is 4.79 Å². The van der Waals surface area contributed by atoms with Crippen LogP contribution in [0, 0.1) is 24.2 Å². The number of rotatable bonds is 2. The van der Waals surface area contributed by atoms with Gasteiger partial charge in [0.2, 0.25) is 5.91 Å². The van der Waals surface area contributed by atoms with Crippen molar-refractivity contribution in [2.24, 2.45) is 17.3 Å². The number of carbonyl (C=O) groups is 1. The lowest BCUT2D eigenvalue weighted by atomic mass is 9.83. The lowest BCUT2D eigenvalue weighted by molar-refractivity contribution is -0.134. The van der Waals surface area contributed by atoms with E-state index in [0.717, 1.165) is 43.2 Å². The minimum Gasteiger partial charge on any atom is -0.340 e. The molecule has 0 aromatic carbocycles. The van der Waals surface area contributed by atoms with Crippen molar-refractivity contribution in [2.75, 3.05) is 13.1 Å². The highest BCUT2D eigenvalue weighted by molar-refractivity contribution is 5.76. The van der Waals surface area contributed by atoms with E-state index < -0.39 is 0 Å². The number of aromatic nitrogens is 3. The van der Waals surface area contributed by atoms with Crippen molar-refractivity contribution in [1.29, 1.82) is 0 Å². The van der Waals surface area contributed by atoms with E-state index in [4.69, 9.17) is 5.10 Å². The SMILES string of the molecule is Cc1nn(CC(=O)N2CC3CC(C2)c2cccc(=O)n2C3)c2c1C1C(C2)C1(C)C. The van der Waals surface area contributed by atoms with Gasteiger partial charge in [-0.1, -0.05) is 19.9 Å². The lowest BCUT2D eigenvalue weighted by Crippen LogP contribution is -2.49. The van der Waals surface area contributed by atoms with Crippen molar-refractivity contribution in [3.05, 3.63) is 51.2 Å². The zero-order valence-corrected chi connectivity index (χ0v) is 17.4. The number of amides is 1. The number of likely N-dealkylation sites (tertiary alicyclic amines) is 1. The highest BCUT2D eigenvalue weighted by Crippen LogP contribution is 2.70. The molecule has 0 radical (unpaired) electrons. The number of fused-ring (bicyclic) bond motifs is 7. The van der Waals surface area contributed by atoms with Gasteiger partial charge in [-0.05, 0) is 49.0 Å². The number of piperidine rings is 1. The molecule has 2 aliphatic heterocycles. The topological polar surface area (TPSA) is 60.1 Å². The smallest absolute Gasteiger partial charge is 0.250 e. The van der Waals surface area contributed by atoms with E-state index in [1.54, 1.807) is 6.07 Å². The fourth-order valence-corrected chi connectivity index (χ4v) is 6.63. The second-order valence-electron chi connectivity index (χ2n) is 10.2. The number of aryl methyl sites for hydroxylation is 1. The molecule has 6 nitrogen and oxygen atoms in total. The molecule has 4 atom stereocenters. The van der Waals surface area contributed by atoms with Crippen molar-refractivity contribution in [3.63, 3.8) is 0 Å². The molecule has 4 unspecified atom stereocenters. The van der Waals surface area contributed by atoms with Gasteiger partial charge in [0.25, 0.3) is 5.56 Å². The molecule has 0 N–H and O–H groups in total. The summed E-state index contributed by atoms with van der Waals surface area (Å²) >= 11 is 0. The largest absolute Gasteiger partial charge is 0.340 e. The second-order valence-corrected chi connectivity index (χ2v) is 10.2. The van der Waals surface area contributed by atoms with Gasteiger partial charge in [0.15, 0.2) is 0 Å². The monoisotopic (exact) mass is 392 g/mol. The Morgan fingerprint density at radius 2 is 2.07 bits per heavy atom. The van der Waals surface area contributed by atoms with Gasteiger partial charge in [0.05, 0.1) is 5.69 Å². The number of nitrogens with zero attached hydrogens (tertiary/aromatic N) is 4. The highest BCUT2D eigenvalue weighted by Gasteiger charge is 2.63. The Morgan fingerprint density at radius 1 is 1.24 bits per heavy atom. The molecule has 1 saturated carbocycles. The zero-order chi connectivity index (χ0) is 20.1. The van der Waals surface area contributed by atoms with E-state index in [0.29, 0.717) is 30.3 Å². The maximum Gasteiger partial charge on any atom is 0.250 e. The van der Waals surface area contributed by atoms with Crippen LogP contribution >= 0.6 is 0 Å². The van der Waals surface area contributed by atoms with Crippen LogP contribution in [-0.2, 0) is 24.3 Å². The zero-order valence-electron chi connectivity index (χ0n) is 17.4. The average molecular weight is 393 g/mol. The van der Waals surface area contributed by atoms with Gasteiger partial charge in [-0.2, -0.15) is 5.10 Å². The molecule has 1 amide bonds. The summed E-state index contributed by atoms with van der Waals surface area (Å²) < 4.78 is 3.90. The molecule has 4 aliphatic rings. The third kappa shape index (κ3) is 2.37. The molecule has 1 saturated heterocycles. The Morgan fingerprint density at radius 3 is 2.90 bits per heavy atom. The Kier molecular flexibility index (Phi) is 3.38. The van der Waals surface area contributed by atoms with E-state index >= 15 is 0 Å². The summed E-state index contributed by atoms with van der Waals surface area (Å²) in [6, 6.07) is 5.53. The molecule has 2 aliphatic carbocycles. The fourth-order valence-electron chi connectivity index (χ4n) is 6.63. The van der Waals surface area contributed by atoms with Gasteiger partial charge in [-0.25, -0.2) is 0 Å². The summed E-state index contributed by atoms with van der Waals surface area (Å²) in [6.45, 7) is 9.32. The van der Waals surface area contributed by atoms with Gasteiger partial charge < -0.3 is 9.47 Å². The van der Waals surface area contributed by atoms with E-state index in [1.165, 1.54) is 11.3 Å². The Balaban J connectivity index is 1.23. The lowest BCUT2D eigenvalue weighted by Gasteiger charge is -2.42. The van der Waals surface area contributed by atoms with Crippen LogP contribution in [0.4, 0.5) is 0 Å². The Hall–Kier alpha value is -2.37. The molecule has 2 fully saturated rings. The minimum atomic E-state index is 0.0843. The number of hydrogen-bond donors (Lipinski definition) is 0. The first-order valence-electron chi connectivity index (χ1n) is 10.9. The number of pyridine rings is 1. The molecule has 152 valence electrons.